The van der Waals surface area contributed by atoms with Crippen LogP contribution in [-0.4, -0.2) is 48.3 Å². The molecule has 0 saturated carbocycles. The van der Waals surface area contributed by atoms with Crippen molar-refractivity contribution < 1.29 is 14.4 Å². The molecule has 2 heterocycles. The third kappa shape index (κ3) is 4.78. The van der Waals surface area contributed by atoms with E-state index < -0.39 is 0 Å². The summed E-state index contributed by atoms with van der Waals surface area (Å²) in [6.45, 7) is 5.26. The van der Waals surface area contributed by atoms with E-state index in [1.165, 1.54) is 0 Å². The van der Waals surface area contributed by atoms with Gasteiger partial charge in [0, 0.05) is 30.3 Å². The third-order valence-corrected chi connectivity index (χ3v) is 6.86. The number of nitrogens with zero attached hydrogens (tertiary/aromatic N) is 3. The SMILES string of the molecule is CC(=O)N1c2ccccc2[C@@H](N(C(=O)CN2CCC(C(N)=O)CC2)c2ccccc2)C[C@@H]1C. The van der Waals surface area contributed by atoms with Gasteiger partial charge in [0.1, 0.15) is 0 Å². The first kappa shape index (κ1) is 23.0. The number of amides is 3. The van der Waals surface area contributed by atoms with E-state index in [0.717, 1.165) is 16.9 Å². The van der Waals surface area contributed by atoms with Gasteiger partial charge in [-0.15, -0.1) is 0 Å². The van der Waals surface area contributed by atoms with Gasteiger partial charge in [-0.1, -0.05) is 36.4 Å². The van der Waals surface area contributed by atoms with Crippen LogP contribution in [0, 0.1) is 5.92 Å². The Labute approximate surface area is 195 Å². The fraction of sp³-hybridized carbons (Fsp3) is 0.423. The standard InChI is InChI=1S/C26H32N4O3/c1-18-16-24(22-10-6-7-11-23(22)29(18)19(2)31)30(21-8-4-3-5-9-21)25(32)17-28-14-12-20(13-15-28)26(27)33/h3-11,18,20,24H,12-17H2,1-2H3,(H2,27,33)/t18-,24-/m0/s1. The summed E-state index contributed by atoms with van der Waals surface area (Å²) in [5.74, 6) is -0.342. The minimum Gasteiger partial charge on any atom is -0.369 e. The molecule has 2 aliphatic rings. The number of carbonyl (C=O) groups is 3. The Morgan fingerprint density at radius 2 is 1.64 bits per heavy atom. The summed E-state index contributed by atoms with van der Waals surface area (Å²) in [4.78, 5) is 43.5. The number of piperidine rings is 1. The minimum absolute atomic E-state index is 0.00306. The number of para-hydroxylation sites is 2. The van der Waals surface area contributed by atoms with Gasteiger partial charge in [0.15, 0.2) is 0 Å². The monoisotopic (exact) mass is 448 g/mol. The van der Waals surface area contributed by atoms with Gasteiger partial charge in [0.2, 0.25) is 17.7 Å². The molecule has 3 amide bonds. The van der Waals surface area contributed by atoms with Gasteiger partial charge in [-0.2, -0.15) is 0 Å². The van der Waals surface area contributed by atoms with E-state index >= 15 is 0 Å². The maximum Gasteiger partial charge on any atom is 0.241 e. The lowest BCUT2D eigenvalue weighted by Gasteiger charge is -2.44. The summed E-state index contributed by atoms with van der Waals surface area (Å²) in [7, 11) is 0. The second kappa shape index (κ2) is 9.75. The van der Waals surface area contributed by atoms with Crippen LogP contribution >= 0.6 is 0 Å². The van der Waals surface area contributed by atoms with E-state index in [-0.39, 0.29) is 42.3 Å². The molecule has 7 heteroatoms. The molecule has 33 heavy (non-hydrogen) atoms. The summed E-state index contributed by atoms with van der Waals surface area (Å²) in [5, 5.41) is 0. The van der Waals surface area contributed by atoms with Gasteiger partial charge in [-0.25, -0.2) is 0 Å². The van der Waals surface area contributed by atoms with Gasteiger partial charge >= 0.3 is 0 Å². The second-order valence-electron chi connectivity index (χ2n) is 9.10. The Morgan fingerprint density at radius 3 is 2.27 bits per heavy atom. The van der Waals surface area contributed by atoms with E-state index in [2.05, 4.69) is 4.90 Å². The fourth-order valence-corrected chi connectivity index (χ4v) is 5.24. The van der Waals surface area contributed by atoms with Crippen molar-refractivity contribution in [2.75, 3.05) is 29.4 Å². The zero-order chi connectivity index (χ0) is 23.5. The Kier molecular flexibility index (Phi) is 6.79. The summed E-state index contributed by atoms with van der Waals surface area (Å²) in [6, 6.07) is 17.4. The molecule has 0 bridgehead atoms. The lowest BCUT2D eigenvalue weighted by molar-refractivity contribution is -0.123. The molecule has 174 valence electrons. The summed E-state index contributed by atoms with van der Waals surface area (Å²) in [6.07, 6.45) is 2.02. The molecular formula is C26H32N4O3. The van der Waals surface area contributed by atoms with Crippen LogP contribution in [0.4, 0.5) is 11.4 Å². The van der Waals surface area contributed by atoms with Crippen LogP contribution in [-0.2, 0) is 14.4 Å². The average Bonchev–Trinajstić information content (AvgIpc) is 2.80. The molecule has 2 aliphatic heterocycles. The van der Waals surface area contributed by atoms with Gasteiger partial charge < -0.3 is 15.5 Å². The number of fused-ring (bicyclic) bond motifs is 1. The van der Waals surface area contributed by atoms with Crippen LogP contribution in [0.1, 0.15) is 44.7 Å². The van der Waals surface area contributed by atoms with Crippen LogP contribution in [0.3, 0.4) is 0 Å². The molecule has 2 aromatic carbocycles. The van der Waals surface area contributed by atoms with Crippen molar-refractivity contribution in [2.45, 2.75) is 45.2 Å². The number of hydrogen-bond acceptors (Lipinski definition) is 4. The predicted molar refractivity (Wildman–Crippen MR) is 129 cm³/mol. The zero-order valence-corrected chi connectivity index (χ0v) is 19.3. The number of rotatable bonds is 5. The number of primary amides is 1. The normalized spacial score (nSPS) is 21.3. The van der Waals surface area contributed by atoms with E-state index in [0.29, 0.717) is 32.4 Å². The summed E-state index contributed by atoms with van der Waals surface area (Å²) in [5.41, 5.74) is 8.16. The highest BCUT2D eigenvalue weighted by Crippen LogP contribution is 2.42. The minimum atomic E-state index is -0.255. The Morgan fingerprint density at radius 1 is 1.00 bits per heavy atom. The zero-order valence-electron chi connectivity index (χ0n) is 19.3. The molecule has 0 unspecified atom stereocenters. The highest BCUT2D eigenvalue weighted by Gasteiger charge is 2.38. The van der Waals surface area contributed by atoms with Crippen LogP contribution < -0.4 is 15.5 Å². The van der Waals surface area contributed by atoms with E-state index in [1.807, 2.05) is 71.3 Å². The quantitative estimate of drug-likeness (QED) is 0.762. The van der Waals surface area contributed by atoms with Gasteiger partial charge in [0.25, 0.3) is 0 Å². The predicted octanol–water partition coefficient (Wildman–Crippen LogP) is 3.10. The lowest BCUT2D eigenvalue weighted by atomic mass is 9.89. The molecule has 2 N–H and O–H groups in total. The number of anilines is 2. The molecule has 1 fully saturated rings. The first-order chi connectivity index (χ1) is 15.9. The average molecular weight is 449 g/mol. The van der Waals surface area contributed by atoms with Crippen LogP contribution in [0.5, 0.6) is 0 Å². The summed E-state index contributed by atoms with van der Waals surface area (Å²) >= 11 is 0. The fourth-order valence-electron chi connectivity index (χ4n) is 5.24. The molecule has 0 radical (unpaired) electrons. The first-order valence-electron chi connectivity index (χ1n) is 11.6. The van der Waals surface area contributed by atoms with Crippen molar-refractivity contribution in [3.63, 3.8) is 0 Å². The van der Waals surface area contributed by atoms with Crippen molar-refractivity contribution >= 4 is 29.1 Å². The van der Waals surface area contributed by atoms with E-state index in [1.54, 1.807) is 6.92 Å². The van der Waals surface area contributed by atoms with Crippen LogP contribution in [0.15, 0.2) is 54.6 Å². The maximum absolute atomic E-state index is 13.8. The smallest absolute Gasteiger partial charge is 0.241 e. The Balaban J connectivity index is 1.64. The molecule has 7 nitrogen and oxygen atoms in total. The topological polar surface area (TPSA) is 87.0 Å². The maximum atomic E-state index is 13.8. The Hall–Kier alpha value is -3.19. The molecule has 4 rings (SSSR count). The number of benzene rings is 2. The number of carbonyl (C=O) groups excluding carboxylic acids is 3. The highest BCUT2D eigenvalue weighted by atomic mass is 16.2. The molecular weight excluding hydrogens is 416 g/mol. The number of nitrogens with two attached hydrogens (primary N) is 1. The number of hydrogen-bond donors (Lipinski definition) is 1. The lowest BCUT2D eigenvalue weighted by Crippen LogP contribution is -2.50. The molecule has 2 aromatic rings. The van der Waals surface area contributed by atoms with Crippen molar-refractivity contribution in [3.05, 3.63) is 60.2 Å². The highest BCUT2D eigenvalue weighted by molar-refractivity contribution is 5.98. The molecule has 0 aromatic heterocycles. The van der Waals surface area contributed by atoms with E-state index in [9.17, 15) is 14.4 Å². The third-order valence-electron chi connectivity index (χ3n) is 6.86. The van der Waals surface area contributed by atoms with Crippen LogP contribution in [0.2, 0.25) is 0 Å². The second-order valence-corrected chi connectivity index (χ2v) is 9.10. The molecule has 1 saturated heterocycles. The van der Waals surface area contributed by atoms with Crippen molar-refractivity contribution in [1.29, 1.82) is 0 Å². The first-order valence-corrected chi connectivity index (χ1v) is 11.6. The number of likely N-dealkylation sites (tertiary alicyclic amines) is 1. The molecule has 0 spiro atoms. The van der Waals surface area contributed by atoms with Gasteiger partial charge in [-0.3, -0.25) is 19.3 Å². The van der Waals surface area contributed by atoms with Gasteiger partial charge in [0.05, 0.1) is 12.6 Å². The van der Waals surface area contributed by atoms with Crippen molar-refractivity contribution in [2.24, 2.45) is 11.7 Å². The molecule has 0 aliphatic carbocycles. The van der Waals surface area contributed by atoms with Gasteiger partial charge in [-0.05, 0) is 63.0 Å². The molecule has 2 atom stereocenters. The van der Waals surface area contributed by atoms with E-state index in [4.69, 9.17) is 5.73 Å². The Bertz CT molecular complexity index is 1020. The van der Waals surface area contributed by atoms with Crippen molar-refractivity contribution in [3.8, 4) is 0 Å². The summed E-state index contributed by atoms with van der Waals surface area (Å²) < 4.78 is 0. The van der Waals surface area contributed by atoms with Crippen molar-refractivity contribution in [1.82, 2.24) is 4.90 Å². The van der Waals surface area contributed by atoms with Crippen LogP contribution in [0.25, 0.3) is 0 Å². The largest absolute Gasteiger partial charge is 0.369 e.